The maximum Gasteiger partial charge on any atom is 0.249 e. The van der Waals surface area contributed by atoms with Crippen molar-refractivity contribution in [3.63, 3.8) is 0 Å². The molecule has 0 N–H and O–H groups in total. The molecule has 0 spiro atoms. The van der Waals surface area contributed by atoms with E-state index in [9.17, 15) is 4.79 Å². The van der Waals surface area contributed by atoms with Crippen LogP contribution in [0.4, 0.5) is 0 Å². The van der Waals surface area contributed by atoms with Gasteiger partial charge < -0.3 is 18.7 Å². The third kappa shape index (κ3) is 3.73. The molecule has 1 saturated heterocycles. The molecule has 0 bridgehead atoms. The third-order valence-electron chi connectivity index (χ3n) is 5.11. The summed E-state index contributed by atoms with van der Waals surface area (Å²) in [5.41, 5.74) is 1.07. The monoisotopic (exact) mass is 368 g/mol. The van der Waals surface area contributed by atoms with Crippen LogP contribution >= 0.6 is 0 Å². The number of carbonyl (C=O) groups is 1. The fourth-order valence-corrected chi connectivity index (χ4v) is 3.70. The highest BCUT2D eigenvalue weighted by atomic mass is 16.5. The molecule has 27 heavy (non-hydrogen) atoms. The molecule has 7 nitrogen and oxygen atoms in total. The van der Waals surface area contributed by atoms with Gasteiger partial charge in [0, 0.05) is 31.8 Å². The Balaban J connectivity index is 1.51. The van der Waals surface area contributed by atoms with E-state index in [2.05, 4.69) is 16.2 Å². The Kier molecular flexibility index (Phi) is 5.20. The second-order valence-electron chi connectivity index (χ2n) is 6.89. The summed E-state index contributed by atoms with van der Waals surface area (Å²) < 4.78 is 12.5. The molecule has 0 unspecified atom stereocenters. The molecular formula is C20H24N4O3. The van der Waals surface area contributed by atoms with Crippen LogP contribution in [0.15, 0.2) is 41.1 Å². The molecule has 1 amide bonds. The summed E-state index contributed by atoms with van der Waals surface area (Å²) in [5, 5.41) is 5.17. The number of rotatable bonds is 6. The molecule has 142 valence electrons. The first kappa shape index (κ1) is 17.7. The number of amides is 1. The number of para-hydroxylation sites is 1. The standard InChI is InChI=1S/C20H24N4O3/c1-26-13-10-18-21-20(27-22-18)17-8-4-5-11-24(17)19(25)14-23-12-9-15-6-2-3-7-16(15)23/h2-3,6-7,9,12,17H,4-5,8,10-11,13-14H2,1H3/t17-/m1/s1. The number of hydrogen-bond acceptors (Lipinski definition) is 5. The van der Waals surface area contributed by atoms with Gasteiger partial charge in [0.05, 0.1) is 6.61 Å². The van der Waals surface area contributed by atoms with E-state index in [0.29, 0.717) is 31.3 Å². The van der Waals surface area contributed by atoms with Crippen LogP contribution in [0.25, 0.3) is 10.9 Å². The van der Waals surface area contributed by atoms with Crippen molar-refractivity contribution in [1.82, 2.24) is 19.6 Å². The number of aromatic nitrogens is 3. The van der Waals surface area contributed by atoms with Crippen molar-refractivity contribution in [3.05, 3.63) is 48.2 Å². The highest BCUT2D eigenvalue weighted by molar-refractivity contribution is 5.83. The van der Waals surface area contributed by atoms with E-state index in [-0.39, 0.29) is 11.9 Å². The van der Waals surface area contributed by atoms with Crippen LogP contribution in [-0.4, -0.2) is 45.8 Å². The van der Waals surface area contributed by atoms with E-state index in [1.165, 1.54) is 0 Å². The van der Waals surface area contributed by atoms with Crippen molar-refractivity contribution in [2.45, 2.75) is 38.3 Å². The number of hydrogen-bond donors (Lipinski definition) is 0. The molecule has 0 aliphatic carbocycles. The van der Waals surface area contributed by atoms with Crippen LogP contribution in [0.2, 0.25) is 0 Å². The van der Waals surface area contributed by atoms with Gasteiger partial charge in [-0.3, -0.25) is 4.79 Å². The highest BCUT2D eigenvalue weighted by Gasteiger charge is 2.32. The van der Waals surface area contributed by atoms with Crippen molar-refractivity contribution in [2.24, 2.45) is 0 Å². The molecule has 3 heterocycles. The molecule has 1 aromatic carbocycles. The van der Waals surface area contributed by atoms with E-state index < -0.39 is 0 Å². The van der Waals surface area contributed by atoms with Gasteiger partial charge in [-0.25, -0.2) is 0 Å². The molecule has 4 rings (SSSR count). The Hall–Kier alpha value is -2.67. The van der Waals surface area contributed by atoms with E-state index in [1.807, 2.05) is 39.9 Å². The third-order valence-corrected chi connectivity index (χ3v) is 5.11. The Labute approximate surface area is 157 Å². The van der Waals surface area contributed by atoms with E-state index in [0.717, 1.165) is 36.7 Å². The molecule has 0 saturated carbocycles. The first-order chi connectivity index (χ1) is 13.3. The number of benzene rings is 1. The molecular weight excluding hydrogens is 344 g/mol. The van der Waals surface area contributed by atoms with Crippen molar-refractivity contribution in [2.75, 3.05) is 20.3 Å². The van der Waals surface area contributed by atoms with Gasteiger partial charge >= 0.3 is 0 Å². The summed E-state index contributed by atoms with van der Waals surface area (Å²) in [4.78, 5) is 19.5. The number of methoxy groups -OCH3 is 1. The van der Waals surface area contributed by atoms with Crippen molar-refractivity contribution in [1.29, 1.82) is 0 Å². The average Bonchev–Trinajstić information content (AvgIpc) is 3.34. The Morgan fingerprint density at radius 2 is 2.19 bits per heavy atom. The second kappa shape index (κ2) is 7.92. The molecule has 0 radical (unpaired) electrons. The lowest BCUT2D eigenvalue weighted by Gasteiger charge is -2.33. The van der Waals surface area contributed by atoms with Crippen LogP contribution in [0.3, 0.4) is 0 Å². The van der Waals surface area contributed by atoms with E-state index in [4.69, 9.17) is 9.26 Å². The number of ether oxygens (including phenoxy) is 1. The first-order valence-electron chi connectivity index (χ1n) is 9.41. The highest BCUT2D eigenvalue weighted by Crippen LogP contribution is 2.30. The quantitative estimate of drug-likeness (QED) is 0.669. The molecule has 1 aliphatic heterocycles. The summed E-state index contributed by atoms with van der Waals surface area (Å²) in [6.45, 7) is 1.58. The minimum Gasteiger partial charge on any atom is -0.384 e. The lowest BCUT2D eigenvalue weighted by atomic mass is 10.0. The van der Waals surface area contributed by atoms with Gasteiger partial charge in [0.25, 0.3) is 0 Å². The van der Waals surface area contributed by atoms with Crippen LogP contribution in [0.5, 0.6) is 0 Å². The molecule has 1 atom stereocenters. The van der Waals surface area contributed by atoms with Gasteiger partial charge in [0.2, 0.25) is 11.8 Å². The van der Waals surface area contributed by atoms with Gasteiger partial charge in [-0.1, -0.05) is 23.4 Å². The number of carbonyl (C=O) groups excluding carboxylic acids is 1. The summed E-state index contributed by atoms with van der Waals surface area (Å²) in [6, 6.07) is 9.99. The minimum atomic E-state index is -0.142. The normalized spacial score (nSPS) is 17.5. The molecule has 2 aromatic heterocycles. The minimum absolute atomic E-state index is 0.0812. The first-order valence-corrected chi connectivity index (χ1v) is 9.41. The van der Waals surface area contributed by atoms with Crippen molar-refractivity contribution in [3.8, 4) is 0 Å². The topological polar surface area (TPSA) is 73.4 Å². The van der Waals surface area contributed by atoms with E-state index in [1.54, 1.807) is 7.11 Å². The zero-order valence-electron chi connectivity index (χ0n) is 15.5. The second-order valence-corrected chi connectivity index (χ2v) is 6.89. The molecule has 7 heteroatoms. The Morgan fingerprint density at radius 3 is 3.07 bits per heavy atom. The van der Waals surface area contributed by atoms with Gasteiger partial charge in [0.1, 0.15) is 12.6 Å². The van der Waals surface area contributed by atoms with Gasteiger partial charge in [-0.05, 0) is 36.8 Å². The Morgan fingerprint density at radius 1 is 1.30 bits per heavy atom. The SMILES string of the molecule is COCCc1noc([C@H]2CCCCN2C(=O)Cn2ccc3ccccc32)n1. The summed E-state index contributed by atoms with van der Waals surface area (Å²) in [5.74, 6) is 1.24. The Bertz CT molecular complexity index is 917. The van der Waals surface area contributed by atoms with Crippen LogP contribution in [0.1, 0.15) is 37.0 Å². The zero-order valence-corrected chi connectivity index (χ0v) is 15.5. The summed E-state index contributed by atoms with van der Waals surface area (Å²) in [7, 11) is 1.65. The lowest BCUT2D eigenvalue weighted by Crippen LogP contribution is -2.40. The number of nitrogens with zero attached hydrogens (tertiary/aromatic N) is 4. The van der Waals surface area contributed by atoms with Gasteiger partial charge in [-0.15, -0.1) is 0 Å². The number of fused-ring (bicyclic) bond motifs is 1. The van der Waals surface area contributed by atoms with Crippen molar-refractivity contribution < 1.29 is 14.1 Å². The van der Waals surface area contributed by atoms with Crippen LogP contribution < -0.4 is 0 Å². The molecule has 1 aliphatic rings. The average molecular weight is 368 g/mol. The maximum atomic E-state index is 13.1. The smallest absolute Gasteiger partial charge is 0.249 e. The van der Waals surface area contributed by atoms with Crippen LogP contribution in [0, 0.1) is 0 Å². The molecule has 3 aromatic rings. The maximum absolute atomic E-state index is 13.1. The largest absolute Gasteiger partial charge is 0.384 e. The zero-order chi connectivity index (χ0) is 18.6. The van der Waals surface area contributed by atoms with Gasteiger partial charge in [-0.2, -0.15) is 4.98 Å². The summed E-state index contributed by atoms with van der Waals surface area (Å²) in [6.07, 6.45) is 5.48. The fraction of sp³-hybridized carbons (Fsp3) is 0.450. The number of likely N-dealkylation sites (tertiary alicyclic amines) is 1. The lowest BCUT2D eigenvalue weighted by molar-refractivity contribution is -0.136. The molecule has 1 fully saturated rings. The fourth-order valence-electron chi connectivity index (χ4n) is 3.70. The van der Waals surface area contributed by atoms with Gasteiger partial charge in [0.15, 0.2) is 5.82 Å². The summed E-state index contributed by atoms with van der Waals surface area (Å²) >= 11 is 0. The van der Waals surface area contributed by atoms with Crippen LogP contribution in [-0.2, 0) is 22.5 Å². The van der Waals surface area contributed by atoms with E-state index >= 15 is 0 Å². The van der Waals surface area contributed by atoms with Crippen molar-refractivity contribution >= 4 is 16.8 Å². The predicted octanol–water partition coefficient (Wildman–Crippen LogP) is 2.97. The number of piperidine rings is 1. The predicted molar refractivity (Wildman–Crippen MR) is 100 cm³/mol.